The van der Waals surface area contributed by atoms with E-state index < -0.39 is 16.5 Å². The second-order valence-corrected chi connectivity index (χ2v) is 17.9. The number of hydrogen-bond donors (Lipinski definition) is 0. The highest BCUT2D eigenvalue weighted by Crippen LogP contribution is 2.56. The molecule has 0 bridgehead atoms. The van der Waals surface area contributed by atoms with Crippen molar-refractivity contribution in [2.45, 2.75) is 102 Å². The van der Waals surface area contributed by atoms with Crippen LogP contribution >= 0.6 is 34.8 Å². The number of rotatable bonds is 7. The third-order valence-electron chi connectivity index (χ3n) is 11.1. The predicted octanol–water partition coefficient (Wildman–Crippen LogP) is 7.47. The summed E-state index contributed by atoms with van der Waals surface area (Å²) in [6.07, 6.45) is 6.12. The van der Waals surface area contributed by atoms with E-state index in [4.69, 9.17) is 59.2 Å². The van der Waals surface area contributed by atoms with E-state index in [-0.39, 0.29) is 29.7 Å². The Morgan fingerprint density at radius 3 is 2.44 bits per heavy atom. The Labute approximate surface area is 320 Å². The van der Waals surface area contributed by atoms with Gasteiger partial charge in [0.25, 0.3) is 0 Å². The topological polar surface area (TPSA) is 107 Å². The minimum atomic E-state index is -0.637. The number of anilines is 1. The fraction of sp³-hybridized carbons (Fsp3) is 0.676. The van der Waals surface area contributed by atoms with E-state index in [1.54, 1.807) is 18.9 Å². The molecule has 7 rings (SSSR count). The van der Waals surface area contributed by atoms with Crippen molar-refractivity contribution in [1.29, 1.82) is 0 Å². The molecule has 1 aromatic carbocycles. The Kier molecular flexibility index (Phi) is 9.98. The quantitative estimate of drug-likeness (QED) is 0.228. The molecule has 12 nitrogen and oxygen atoms in total. The first-order chi connectivity index (χ1) is 24.5. The first-order valence-electron chi connectivity index (χ1n) is 18.3. The molecule has 3 aromatic rings. The van der Waals surface area contributed by atoms with Gasteiger partial charge >= 0.3 is 6.09 Å². The van der Waals surface area contributed by atoms with Crippen molar-refractivity contribution in [2.24, 2.45) is 5.41 Å². The normalized spacial score (nSPS) is 24.3. The lowest BCUT2D eigenvalue weighted by molar-refractivity contribution is -0.132. The minimum Gasteiger partial charge on any atom is -0.444 e. The summed E-state index contributed by atoms with van der Waals surface area (Å²) in [5.41, 5.74) is 2.31. The number of methoxy groups -OCH3 is 1. The smallest absolute Gasteiger partial charge is 0.410 e. The number of nitrogens with zero attached hydrogens (tertiary/aromatic N) is 7. The van der Waals surface area contributed by atoms with Crippen LogP contribution in [-0.4, -0.2) is 111 Å². The molecular weight excluding hydrogens is 729 g/mol. The maximum atomic E-state index is 13.1. The lowest BCUT2D eigenvalue weighted by atomic mass is 9.61. The molecule has 284 valence electrons. The summed E-state index contributed by atoms with van der Waals surface area (Å²) in [6.45, 7) is 15.3. The first-order valence-corrected chi connectivity index (χ1v) is 19.5. The average molecular weight is 779 g/mol. The van der Waals surface area contributed by atoms with Crippen molar-refractivity contribution in [3.05, 3.63) is 28.0 Å². The van der Waals surface area contributed by atoms with Crippen LogP contribution in [0, 0.1) is 12.3 Å². The van der Waals surface area contributed by atoms with Crippen molar-refractivity contribution in [3.8, 4) is 11.1 Å². The Bertz CT molecular complexity index is 1850. The molecule has 1 spiro atoms. The molecule has 0 N–H and O–H groups in total. The number of ether oxygens (including phenoxy) is 3. The fourth-order valence-electron chi connectivity index (χ4n) is 8.75. The highest BCUT2D eigenvalue weighted by atomic mass is 35.5. The van der Waals surface area contributed by atoms with Crippen LogP contribution in [0.25, 0.3) is 22.0 Å². The van der Waals surface area contributed by atoms with Crippen molar-refractivity contribution >= 4 is 63.5 Å². The number of piperazine rings is 1. The molecule has 1 saturated carbocycles. The number of aromatic nitrogens is 4. The van der Waals surface area contributed by atoms with Gasteiger partial charge in [0.1, 0.15) is 11.0 Å². The fourth-order valence-corrected chi connectivity index (χ4v) is 9.34. The standard InChI is InChI=1S/C37H50Cl3N7O5/c1-22(38)33(48)43-11-12-45(36(6,18-43)21-50-7)32-29(30-25-17-41-47(28-10-8-9-13-51-28)27(25)14-26(39)31(30)40)23(2)46(42-32)24-15-37(16-24)19-44(20-37)34(49)52-35(3,4)5/h14,17,22,24,28H,8-13,15-16,18-21H2,1-7H3/t22?,28?,36-/m1/s1. The summed E-state index contributed by atoms with van der Waals surface area (Å²) in [6, 6.07) is 2.00. The average Bonchev–Trinajstić information content (AvgIpc) is 3.60. The van der Waals surface area contributed by atoms with Crippen molar-refractivity contribution in [3.63, 3.8) is 0 Å². The molecule has 5 heterocycles. The van der Waals surface area contributed by atoms with E-state index in [1.165, 1.54) is 0 Å². The van der Waals surface area contributed by atoms with Crippen LogP contribution in [0.1, 0.15) is 84.7 Å². The van der Waals surface area contributed by atoms with Crippen LogP contribution in [0.3, 0.4) is 0 Å². The summed E-state index contributed by atoms with van der Waals surface area (Å²) in [5, 5.41) is 11.3. The lowest BCUT2D eigenvalue weighted by Gasteiger charge is -2.58. The van der Waals surface area contributed by atoms with E-state index in [2.05, 4.69) is 23.4 Å². The SMILES string of the molecule is COC[C@@]1(C)CN(C(=O)C(C)Cl)CCN1c1nn(C2CC3(C2)CN(C(=O)OC(C)(C)C)C3)c(C)c1-c1c(Cl)c(Cl)cc2c1cnn2C1CCCCO1. The number of halogens is 3. The monoisotopic (exact) mass is 777 g/mol. The summed E-state index contributed by atoms with van der Waals surface area (Å²) >= 11 is 20.5. The van der Waals surface area contributed by atoms with Gasteiger partial charge in [-0.2, -0.15) is 10.2 Å². The molecule has 52 heavy (non-hydrogen) atoms. The Hall–Kier alpha value is -2.77. The van der Waals surface area contributed by atoms with Crippen LogP contribution in [0.5, 0.6) is 0 Å². The second-order valence-electron chi connectivity index (χ2n) is 16.5. The van der Waals surface area contributed by atoms with Crippen molar-refractivity contribution in [2.75, 3.05) is 57.9 Å². The number of benzene rings is 1. The molecule has 3 aliphatic heterocycles. The Balaban J connectivity index is 1.30. The van der Waals surface area contributed by atoms with Crippen LogP contribution in [0.4, 0.5) is 10.6 Å². The van der Waals surface area contributed by atoms with Gasteiger partial charge < -0.3 is 28.9 Å². The molecule has 2 amide bonds. The summed E-state index contributed by atoms with van der Waals surface area (Å²) < 4.78 is 21.6. The number of carbonyl (C=O) groups excluding carboxylic acids is 2. The molecular formula is C37H50Cl3N7O5. The summed E-state index contributed by atoms with van der Waals surface area (Å²) in [7, 11) is 1.67. The highest BCUT2D eigenvalue weighted by molar-refractivity contribution is 6.45. The number of alkyl halides is 1. The molecule has 3 atom stereocenters. The van der Waals surface area contributed by atoms with Crippen LogP contribution in [0.15, 0.2) is 12.3 Å². The summed E-state index contributed by atoms with van der Waals surface area (Å²) in [5.74, 6) is 0.642. The third-order valence-corrected chi connectivity index (χ3v) is 12.1. The van der Waals surface area contributed by atoms with E-state index in [1.807, 2.05) is 42.6 Å². The van der Waals surface area contributed by atoms with Crippen LogP contribution in [0.2, 0.25) is 10.0 Å². The van der Waals surface area contributed by atoms with E-state index in [0.717, 1.165) is 65.6 Å². The first kappa shape index (κ1) is 37.5. The Morgan fingerprint density at radius 2 is 1.81 bits per heavy atom. The Morgan fingerprint density at radius 1 is 1.08 bits per heavy atom. The molecule has 15 heteroatoms. The number of amides is 2. The van der Waals surface area contributed by atoms with E-state index in [9.17, 15) is 9.59 Å². The molecule has 2 aromatic heterocycles. The molecule has 0 radical (unpaired) electrons. The van der Waals surface area contributed by atoms with Gasteiger partial charge in [-0.05, 0) is 79.7 Å². The van der Waals surface area contributed by atoms with Gasteiger partial charge in [-0.1, -0.05) is 23.2 Å². The molecule has 3 saturated heterocycles. The van der Waals surface area contributed by atoms with E-state index >= 15 is 0 Å². The van der Waals surface area contributed by atoms with Gasteiger partial charge in [0, 0.05) is 74.1 Å². The zero-order valence-electron chi connectivity index (χ0n) is 31.2. The number of carbonyl (C=O) groups is 2. The molecule has 4 fully saturated rings. The number of fused-ring (bicyclic) bond motifs is 1. The van der Waals surface area contributed by atoms with Gasteiger partial charge in [0.2, 0.25) is 5.91 Å². The molecule has 2 unspecified atom stereocenters. The van der Waals surface area contributed by atoms with E-state index in [0.29, 0.717) is 56.0 Å². The largest absolute Gasteiger partial charge is 0.444 e. The maximum Gasteiger partial charge on any atom is 0.410 e. The van der Waals surface area contributed by atoms with Crippen LogP contribution in [-0.2, 0) is 19.0 Å². The maximum absolute atomic E-state index is 13.1. The molecule has 1 aliphatic carbocycles. The third kappa shape index (κ3) is 6.65. The number of likely N-dealkylation sites (tertiary alicyclic amines) is 1. The van der Waals surface area contributed by atoms with Gasteiger partial charge in [0.05, 0.1) is 39.9 Å². The second kappa shape index (κ2) is 13.8. The summed E-state index contributed by atoms with van der Waals surface area (Å²) in [4.78, 5) is 31.8. The zero-order chi connectivity index (χ0) is 37.3. The lowest BCUT2D eigenvalue weighted by Crippen LogP contribution is -2.65. The van der Waals surface area contributed by atoms with Crippen molar-refractivity contribution < 1.29 is 23.8 Å². The molecule has 4 aliphatic rings. The zero-order valence-corrected chi connectivity index (χ0v) is 33.4. The van der Waals surface area contributed by atoms with Gasteiger partial charge in [0.15, 0.2) is 12.0 Å². The highest BCUT2D eigenvalue weighted by Gasteiger charge is 2.56. The number of hydrogen-bond acceptors (Lipinski definition) is 8. The van der Waals surface area contributed by atoms with Crippen molar-refractivity contribution in [1.82, 2.24) is 29.4 Å². The minimum absolute atomic E-state index is 0.0389. The van der Waals surface area contributed by atoms with Gasteiger partial charge in [-0.25, -0.2) is 9.48 Å². The van der Waals surface area contributed by atoms with Crippen LogP contribution < -0.4 is 4.90 Å². The van der Waals surface area contributed by atoms with Gasteiger partial charge in [-0.15, -0.1) is 11.6 Å². The predicted molar refractivity (Wildman–Crippen MR) is 203 cm³/mol. The van der Waals surface area contributed by atoms with Gasteiger partial charge in [-0.3, -0.25) is 9.48 Å².